The number of carbonyl (C=O) groups is 1. The molecule has 0 aliphatic heterocycles. The lowest BCUT2D eigenvalue weighted by Crippen LogP contribution is -2.27. The summed E-state index contributed by atoms with van der Waals surface area (Å²) in [5.74, 6) is 2.14. The first kappa shape index (κ1) is 28.1. The molecule has 4 N–H and O–H groups in total. The molecule has 0 radical (unpaired) electrons. The third-order valence-electron chi connectivity index (χ3n) is 6.14. The van der Waals surface area contributed by atoms with Crippen molar-refractivity contribution in [3.63, 3.8) is 0 Å². The Bertz CT molecular complexity index is 1140. The molecule has 0 spiro atoms. The Balaban J connectivity index is 1.16. The number of amides is 1. The predicted octanol–water partition coefficient (Wildman–Crippen LogP) is 3.85. The number of hydrogen-bond acceptors (Lipinski definition) is 10. The van der Waals surface area contributed by atoms with E-state index in [0.717, 1.165) is 24.3 Å². The molecule has 1 aliphatic rings. The van der Waals surface area contributed by atoms with Gasteiger partial charge >= 0.3 is 0 Å². The summed E-state index contributed by atoms with van der Waals surface area (Å²) < 4.78 is 16.4. The highest BCUT2D eigenvalue weighted by Crippen LogP contribution is 2.23. The summed E-state index contributed by atoms with van der Waals surface area (Å²) in [5.41, 5.74) is 1.49. The largest absolute Gasteiger partial charge is 0.497 e. The van der Waals surface area contributed by atoms with Gasteiger partial charge in [0.2, 0.25) is 17.8 Å². The van der Waals surface area contributed by atoms with Crippen molar-refractivity contribution in [1.29, 1.82) is 0 Å². The Hall–Kier alpha value is -3.96. The minimum absolute atomic E-state index is 0.108. The van der Waals surface area contributed by atoms with Crippen molar-refractivity contribution in [2.24, 2.45) is 0 Å². The van der Waals surface area contributed by atoms with E-state index in [2.05, 4.69) is 36.2 Å². The smallest absolute Gasteiger partial charge is 0.251 e. The van der Waals surface area contributed by atoms with Crippen molar-refractivity contribution < 1.29 is 19.0 Å². The first-order valence-electron chi connectivity index (χ1n) is 13.4. The minimum atomic E-state index is -0.108. The molecule has 0 bridgehead atoms. The number of hydrogen-bond donors (Lipinski definition) is 4. The van der Waals surface area contributed by atoms with Crippen LogP contribution in [0.25, 0.3) is 0 Å². The van der Waals surface area contributed by atoms with Crippen molar-refractivity contribution in [2.75, 3.05) is 62.6 Å². The van der Waals surface area contributed by atoms with E-state index in [9.17, 15) is 4.79 Å². The van der Waals surface area contributed by atoms with Gasteiger partial charge in [0, 0.05) is 30.4 Å². The Morgan fingerprint density at radius 2 is 1.49 bits per heavy atom. The summed E-state index contributed by atoms with van der Waals surface area (Å²) in [6.07, 6.45) is 4.67. The Morgan fingerprint density at radius 1 is 0.821 bits per heavy atom. The number of rotatable bonds is 16. The molecule has 4 rings (SSSR count). The maximum absolute atomic E-state index is 12.0. The maximum Gasteiger partial charge on any atom is 0.251 e. The quantitative estimate of drug-likeness (QED) is 0.201. The van der Waals surface area contributed by atoms with E-state index in [1.807, 2.05) is 42.5 Å². The van der Waals surface area contributed by atoms with Gasteiger partial charge in [-0.25, -0.2) is 0 Å². The van der Waals surface area contributed by atoms with Crippen molar-refractivity contribution in [3.05, 3.63) is 60.2 Å². The van der Waals surface area contributed by atoms with Gasteiger partial charge in [-0.3, -0.25) is 4.79 Å². The normalized spacial score (nSPS) is 13.2. The van der Waals surface area contributed by atoms with Crippen LogP contribution in [-0.4, -0.2) is 73.5 Å². The van der Waals surface area contributed by atoms with Crippen LogP contribution in [0, 0.1) is 0 Å². The predicted molar refractivity (Wildman–Crippen MR) is 151 cm³/mol. The molecule has 2 aromatic carbocycles. The summed E-state index contributed by atoms with van der Waals surface area (Å²) in [4.78, 5) is 25.6. The van der Waals surface area contributed by atoms with Gasteiger partial charge < -0.3 is 35.5 Å². The number of nitrogens with zero attached hydrogens (tertiary/aromatic N) is 3. The fourth-order valence-electron chi connectivity index (χ4n) is 4.12. The Morgan fingerprint density at radius 3 is 2.21 bits per heavy atom. The molecule has 0 atom stereocenters. The number of methoxy groups -OCH3 is 1. The second-order valence-corrected chi connectivity index (χ2v) is 9.06. The molecule has 0 saturated heterocycles. The highest BCUT2D eigenvalue weighted by Gasteiger charge is 2.17. The number of anilines is 4. The molecule has 1 amide bonds. The van der Waals surface area contributed by atoms with Crippen LogP contribution < -0.4 is 26.0 Å². The summed E-state index contributed by atoms with van der Waals surface area (Å²) in [7, 11) is 1.64. The van der Waals surface area contributed by atoms with Crippen LogP contribution in [0.5, 0.6) is 5.75 Å². The van der Waals surface area contributed by atoms with E-state index in [1.54, 1.807) is 19.2 Å². The molecule has 1 saturated carbocycles. The standard InChI is InChI=1S/C28H37N7O4/c1-37-24-13-11-23(12-14-24)32-28-34-26(33-27(35-28)31-22-9-5-6-10-22)30-16-18-39-20-19-38-17-15-29-25(36)21-7-3-2-4-8-21/h2-4,7-8,11-14,22H,5-6,9-10,15-20H2,1H3,(H,29,36)(H3,30,31,32,33,34,35). The molecule has 1 aromatic heterocycles. The SMILES string of the molecule is COc1ccc(Nc2nc(NCCOCCOCCNC(=O)c3ccccc3)nc(NC3CCCC3)n2)cc1. The first-order chi connectivity index (χ1) is 19.2. The van der Waals surface area contributed by atoms with Gasteiger partial charge in [-0.05, 0) is 49.2 Å². The minimum Gasteiger partial charge on any atom is -0.497 e. The van der Waals surface area contributed by atoms with Crippen molar-refractivity contribution in [2.45, 2.75) is 31.7 Å². The van der Waals surface area contributed by atoms with Gasteiger partial charge in [-0.1, -0.05) is 31.0 Å². The molecule has 3 aromatic rings. The summed E-state index contributed by atoms with van der Waals surface area (Å²) >= 11 is 0. The lowest BCUT2D eigenvalue weighted by Gasteiger charge is -2.15. The average Bonchev–Trinajstić information content (AvgIpc) is 3.48. The van der Waals surface area contributed by atoms with Crippen LogP contribution in [0.15, 0.2) is 54.6 Å². The van der Waals surface area contributed by atoms with Crippen LogP contribution in [0.3, 0.4) is 0 Å². The molecule has 11 heteroatoms. The molecule has 11 nitrogen and oxygen atoms in total. The Labute approximate surface area is 229 Å². The highest BCUT2D eigenvalue weighted by molar-refractivity contribution is 5.94. The highest BCUT2D eigenvalue weighted by atomic mass is 16.5. The monoisotopic (exact) mass is 535 g/mol. The van der Waals surface area contributed by atoms with E-state index in [-0.39, 0.29) is 5.91 Å². The topological polar surface area (TPSA) is 132 Å². The number of ether oxygens (including phenoxy) is 3. The molecule has 0 unspecified atom stereocenters. The van der Waals surface area contributed by atoms with Gasteiger partial charge in [0.1, 0.15) is 5.75 Å². The summed E-state index contributed by atoms with van der Waals surface area (Å²) in [5, 5.41) is 12.7. The zero-order chi connectivity index (χ0) is 27.1. The van der Waals surface area contributed by atoms with E-state index in [1.165, 1.54) is 12.8 Å². The van der Waals surface area contributed by atoms with Gasteiger partial charge in [0.05, 0.1) is 33.5 Å². The Kier molecular flexibility index (Phi) is 11.1. The summed E-state index contributed by atoms with van der Waals surface area (Å²) in [6.45, 7) is 2.75. The third kappa shape index (κ3) is 9.69. The van der Waals surface area contributed by atoms with Crippen LogP contribution in [0.4, 0.5) is 23.5 Å². The van der Waals surface area contributed by atoms with Gasteiger partial charge in [0.15, 0.2) is 0 Å². The molecule has 1 heterocycles. The van der Waals surface area contributed by atoms with Crippen LogP contribution in [0.2, 0.25) is 0 Å². The molecular weight excluding hydrogens is 498 g/mol. The lowest BCUT2D eigenvalue weighted by molar-refractivity contribution is 0.0519. The van der Waals surface area contributed by atoms with Crippen LogP contribution >= 0.6 is 0 Å². The molecule has 1 fully saturated rings. The van der Waals surface area contributed by atoms with Gasteiger partial charge in [-0.2, -0.15) is 15.0 Å². The zero-order valence-electron chi connectivity index (χ0n) is 22.3. The van der Waals surface area contributed by atoms with Crippen LogP contribution in [0.1, 0.15) is 36.0 Å². The van der Waals surface area contributed by atoms with E-state index in [4.69, 9.17) is 14.2 Å². The van der Waals surface area contributed by atoms with E-state index in [0.29, 0.717) is 69.0 Å². The number of benzene rings is 2. The zero-order valence-corrected chi connectivity index (χ0v) is 22.3. The number of aromatic nitrogens is 3. The van der Waals surface area contributed by atoms with E-state index < -0.39 is 0 Å². The van der Waals surface area contributed by atoms with Gasteiger partial charge in [0.25, 0.3) is 5.91 Å². The lowest BCUT2D eigenvalue weighted by atomic mass is 10.2. The van der Waals surface area contributed by atoms with Crippen LogP contribution in [-0.2, 0) is 9.47 Å². The van der Waals surface area contributed by atoms with Gasteiger partial charge in [-0.15, -0.1) is 0 Å². The fraction of sp³-hybridized carbons (Fsp3) is 0.429. The molecule has 1 aliphatic carbocycles. The third-order valence-corrected chi connectivity index (χ3v) is 6.14. The first-order valence-corrected chi connectivity index (χ1v) is 13.4. The summed E-state index contributed by atoms with van der Waals surface area (Å²) in [6, 6.07) is 17.1. The number of nitrogens with one attached hydrogen (secondary N) is 4. The van der Waals surface area contributed by atoms with Crippen molar-refractivity contribution >= 4 is 29.4 Å². The second-order valence-electron chi connectivity index (χ2n) is 9.06. The second kappa shape index (κ2) is 15.5. The van der Waals surface area contributed by atoms with Crippen molar-refractivity contribution in [3.8, 4) is 5.75 Å². The molecular formula is C28H37N7O4. The average molecular weight is 536 g/mol. The number of carbonyl (C=O) groups excluding carboxylic acids is 1. The van der Waals surface area contributed by atoms with E-state index >= 15 is 0 Å². The molecule has 39 heavy (non-hydrogen) atoms. The maximum atomic E-state index is 12.0. The van der Waals surface area contributed by atoms with Crippen molar-refractivity contribution in [1.82, 2.24) is 20.3 Å². The molecule has 208 valence electrons. The fourth-order valence-corrected chi connectivity index (χ4v) is 4.12.